The Morgan fingerprint density at radius 1 is 1.16 bits per heavy atom. The Labute approximate surface area is 185 Å². The number of nitrogens with one attached hydrogen (secondary N) is 1. The van der Waals surface area contributed by atoms with E-state index in [1.54, 1.807) is 18.5 Å². The summed E-state index contributed by atoms with van der Waals surface area (Å²) >= 11 is 0. The Kier molecular flexibility index (Phi) is 8.09. The molecule has 1 aliphatic heterocycles. The molecule has 3 rings (SSSR count). The molecule has 1 aromatic heterocycles. The number of carbonyl (C=O) groups is 1. The van der Waals surface area contributed by atoms with E-state index in [1.165, 1.54) is 0 Å². The van der Waals surface area contributed by atoms with Gasteiger partial charge in [-0.15, -0.1) is 0 Å². The molecule has 2 atom stereocenters. The Hall–Kier alpha value is -2.83. The van der Waals surface area contributed by atoms with Crippen molar-refractivity contribution in [1.82, 2.24) is 15.3 Å². The van der Waals surface area contributed by atoms with Gasteiger partial charge in [0.25, 0.3) is 0 Å². The first-order chi connectivity index (χ1) is 15.0. The van der Waals surface area contributed by atoms with E-state index in [4.69, 9.17) is 9.47 Å². The molecule has 0 bridgehead atoms. The molecular weight excluding hydrogens is 392 g/mol. The minimum Gasteiger partial charge on any atom is -0.490 e. The highest BCUT2D eigenvalue weighted by molar-refractivity contribution is 5.80. The number of hydrogen-bond acceptors (Lipinski definition) is 6. The lowest BCUT2D eigenvalue weighted by Crippen LogP contribution is -2.45. The zero-order chi connectivity index (χ0) is 22.2. The average Bonchev–Trinajstić information content (AvgIpc) is 2.79. The van der Waals surface area contributed by atoms with E-state index in [1.807, 2.05) is 32.0 Å². The SMILES string of the molecule is CCOc1ccc([C@@H](NC(=O)[C@@H]2CCCN(c3ncccn3)C2)C(C)C)cc1OCC. The minimum atomic E-state index is -0.106. The Bertz CT molecular complexity index is 844. The highest BCUT2D eigenvalue weighted by atomic mass is 16.5. The van der Waals surface area contributed by atoms with Crippen molar-refractivity contribution >= 4 is 11.9 Å². The third kappa shape index (κ3) is 5.87. The molecule has 0 spiro atoms. The van der Waals surface area contributed by atoms with Gasteiger partial charge in [0.1, 0.15) is 0 Å². The molecule has 0 radical (unpaired) electrons. The van der Waals surface area contributed by atoms with Crippen molar-refractivity contribution in [3.05, 3.63) is 42.2 Å². The van der Waals surface area contributed by atoms with Gasteiger partial charge in [0.15, 0.2) is 11.5 Å². The van der Waals surface area contributed by atoms with Gasteiger partial charge in [0, 0.05) is 25.5 Å². The molecule has 168 valence electrons. The van der Waals surface area contributed by atoms with Crippen LogP contribution in [0.2, 0.25) is 0 Å². The number of ether oxygens (including phenoxy) is 2. The second-order valence-electron chi connectivity index (χ2n) is 8.14. The summed E-state index contributed by atoms with van der Waals surface area (Å²) in [6.45, 7) is 10.8. The fourth-order valence-electron chi connectivity index (χ4n) is 3.99. The molecule has 7 heteroatoms. The number of aromatic nitrogens is 2. The number of rotatable bonds is 9. The fourth-order valence-corrected chi connectivity index (χ4v) is 3.99. The molecule has 31 heavy (non-hydrogen) atoms. The van der Waals surface area contributed by atoms with Gasteiger partial charge in [0.2, 0.25) is 11.9 Å². The van der Waals surface area contributed by atoms with Crippen molar-refractivity contribution < 1.29 is 14.3 Å². The molecule has 7 nitrogen and oxygen atoms in total. The van der Waals surface area contributed by atoms with Gasteiger partial charge in [-0.1, -0.05) is 19.9 Å². The highest BCUT2D eigenvalue weighted by Crippen LogP contribution is 2.33. The zero-order valence-corrected chi connectivity index (χ0v) is 19.0. The number of nitrogens with zero attached hydrogens (tertiary/aromatic N) is 3. The second kappa shape index (κ2) is 11.0. The van der Waals surface area contributed by atoms with Crippen molar-refractivity contribution in [3.63, 3.8) is 0 Å². The first kappa shape index (κ1) is 22.8. The quantitative estimate of drug-likeness (QED) is 0.653. The molecule has 2 heterocycles. The number of anilines is 1. The van der Waals surface area contributed by atoms with E-state index >= 15 is 0 Å². The predicted molar refractivity (Wildman–Crippen MR) is 121 cm³/mol. The van der Waals surface area contributed by atoms with E-state index in [0.29, 0.717) is 31.5 Å². The molecule has 1 aromatic carbocycles. The van der Waals surface area contributed by atoms with E-state index < -0.39 is 0 Å². The van der Waals surface area contributed by atoms with Gasteiger partial charge in [-0.05, 0) is 56.4 Å². The summed E-state index contributed by atoms with van der Waals surface area (Å²) in [5.74, 6) is 2.35. The number of carbonyl (C=O) groups excluding carboxylic acids is 1. The van der Waals surface area contributed by atoms with E-state index in [2.05, 4.69) is 34.0 Å². The van der Waals surface area contributed by atoms with Crippen molar-refractivity contribution in [3.8, 4) is 11.5 Å². The number of benzene rings is 1. The first-order valence-corrected chi connectivity index (χ1v) is 11.2. The maximum absolute atomic E-state index is 13.2. The summed E-state index contributed by atoms with van der Waals surface area (Å²) in [5.41, 5.74) is 1.02. The zero-order valence-electron chi connectivity index (χ0n) is 19.0. The molecule has 1 fully saturated rings. The smallest absolute Gasteiger partial charge is 0.225 e. The lowest BCUT2D eigenvalue weighted by Gasteiger charge is -2.33. The third-order valence-corrected chi connectivity index (χ3v) is 5.52. The summed E-state index contributed by atoms with van der Waals surface area (Å²) in [6.07, 6.45) is 5.29. The third-order valence-electron chi connectivity index (χ3n) is 5.52. The first-order valence-electron chi connectivity index (χ1n) is 11.2. The summed E-state index contributed by atoms with van der Waals surface area (Å²) in [5, 5.41) is 3.29. The Morgan fingerprint density at radius 3 is 2.55 bits per heavy atom. The van der Waals surface area contributed by atoms with E-state index in [-0.39, 0.29) is 23.8 Å². The maximum Gasteiger partial charge on any atom is 0.225 e. The van der Waals surface area contributed by atoms with Gasteiger partial charge in [-0.3, -0.25) is 4.79 Å². The summed E-state index contributed by atoms with van der Waals surface area (Å²) in [4.78, 5) is 24.0. The fraction of sp³-hybridized carbons (Fsp3) is 0.542. The van der Waals surface area contributed by atoms with Crippen LogP contribution in [-0.2, 0) is 4.79 Å². The Balaban J connectivity index is 1.73. The molecule has 1 saturated heterocycles. The Morgan fingerprint density at radius 2 is 1.87 bits per heavy atom. The molecule has 2 aromatic rings. The highest BCUT2D eigenvalue weighted by Gasteiger charge is 2.29. The van der Waals surface area contributed by atoms with E-state index in [0.717, 1.165) is 30.7 Å². The van der Waals surface area contributed by atoms with Gasteiger partial charge in [-0.25, -0.2) is 9.97 Å². The minimum absolute atomic E-state index is 0.0752. The monoisotopic (exact) mass is 426 g/mol. The maximum atomic E-state index is 13.2. The van der Waals surface area contributed by atoms with Crippen LogP contribution in [0.1, 0.15) is 52.1 Å². The van der Waals surface area contributed by atoms with Crippen LogP contribution in [0.5, 0.6) is 11.5 Å². The van der Waals surface area contributed by atoms with Crippen molar-refractivity contribution in [2.75, 3.05) is 31.2 Å². The van der Waals surface area contributed by atoms with Crippen LogP contribution in [0.15, 0.2) is 36.7 Å². The van der Waals surface area contributed by atoms with Crippen molar-refractivity contribution in [1.29, 1.82) is 0 Å². The van der Waals surface area contributed by atoms with Crippen LogP contribution < -0.4 is 19.7 Å². The summed E-state index contributed by atoms with van der Waals surface area (Å²) < 4.78 is 11.5. The second-order valence-corrected chi connectivity index (χ2v) is 8.14. The topological polar surface area (TPSA) is 76.6 Å². The van der Waals surface area contributed by atoms with Crippen LogP contribution in [0.4, 0.5) is 5.95 Å². The lowest BCUT2D eigenvalue weighted by molar-refractivity contribution is -0.126. The normalized spacial score (nSPS) is 17.3. The predicted octanol–water partition coefficient (Wildman–Crippen LogP) is 4.00. The molecule has 1 aliphatic rings. The van der Waals surface area contributed by atoms with E-state index in [9.17, 15) is 4.79 Å². The van der Waals surface area contributed by atoms with Gasteiger partial charge >= 0.3 is 0 Å². The molecule has 0 unspecified atom stereocenters. The number of amides is 1. The number of piperidine rings is 1. The molecule has 1 amide bonds. The standard InChI is InChI=1S/C24H34N4O3/c1-5-30-20-11-10-18(15-21(20)31-6-2)22(17(3)4)27-23(29)19-9-7-14-28(16-19)24-25-12-8-13-26-24/h8,10-13,15,17,19,22H,5-7,9,14,16H2,1-4H3,(H,27,29)/t19-,22+/m1/s1. The lowest BCUT2D eigenvalue weighted by atomic mass is 9.92. The van der Waals surface area contributed by atoms with Gasteiger partial charge in [0.05, 0.1) is 25.2 Å². The number of hydrogen-bond donors (Lipinski definition) is 1. The van der Waals surface area contributed by atoms with Crippen molar-refractivity contribution in [2.24, 2.45) is 11.8 Å². The summed E-state index contributed by atoms with van der Waals surface area (Å²) in [6, 6.07) is 7.64. The molecular formula is C24H34N4O3. The van der Waals surface area contributed by atoms with Gasteiger partial charge < -0.3 is 19.7 Å². The molecule has 0 aliphatic carbocycles. The van der Waals surface area contributed by atoms with Gasteiger partial charge in [-0.2, -0.15) is 0 Å². The van der Waals surface area contributed by atoms with Crippen LogP contribution in [-0.4, -0.2) is 42.2 Å². The van der Waals surface area contributed by atoms with Crippen LogP contribution in [0.3, 0.4) is 0 Å². The average molecular weight is 427 g/mol. The molecule has 1 N–H and O–H groups in total. The summed E-state index contributed by atoms with van der Waals surface area (Å²) in [7, 11) is 0. The van der Waals surface area contributed by atoms with Crippen LogP contribution >= 0.6 is 0 Å². The largest absolute Gasteiger partial charge is 0.490 e. The van der Waals surface area contributed by atoms with Crippen molar-refractivity contribution in [2.45, 2.75) is 46.6 Å². The van der Waals surface area contributed by atoms with Crippen LogP contribution in [0.25, 0.3) is 0 Å². The molecule has 0 saturated carbocycles. The van der Waals surface area contributed by atoms with Crippen LogP contribution in [0, 0.1) is 11.8 Å².